The van der Waals surface area contributed by atoms with Crippen LogP contribution in [0.25, 0.3) is 11.0 Å². The van der Waals surface area contributed by atoms with Gasteiger partial charge in [-0.25, -0.2) is 4.79 Å². The predicted molar refractivity (Wildman–Crippen MR) is 75.9 cm³/mol. The molecule has 3 heteroatoms. The molecule has 0 aliphatic rings. The molecule has 0 radical (unpaired) electrons. The van der Waals surface area contributed by atoms with Crippen LogP contribution in [0.15, 0.2) is 29.1 Å². The second kappa shape index (κ2) is 5.89. The van der Waals surface area contributed by atoms with Gasteiger partial charge in [-0.15, -0.1) is 0 Å². The lowest BCUT2D eigenvalue weighted by molar-refractivity contribution is 0.561. The molecule has 0 spiro atoms. The fraction of sp³-hybridized carbons (Fsp3) is 0.533. The predicted octanol–water partition coefficient (Wildman–Crippen LogP) is 3.31. The van der Waals surface area contributed by atoms with Gasteiger partial charge in [-0.1, -0.05) is 44.7 Å². The van der Waals surface area contributed by atoms with E-state index in [1.807, 2.05) is 35.9 Å². The average Bonchev–Trinajstić information content (AvgIpc) is 2.64. The Morgan fingerprint density at radius 3 is 2.39 bits per heavy atom. The van der Waals surface area contributed by atoms with Gasteiger partial charge < -0.3 is 0 Å². The van der Waals surface area contributed by atoms with Crippen molar-refractivity contribution in [2.24, 2.45) is 7.05 Å². The molecular weight excluding hydrogens is 224 g/mol. The number of hydrogen-bond donors (Lipinski definition) is 0. The molecule has 0 saturated heterocycles. The number of para-hydroxylation sites is 2. The van der Waals surface area contributed by atoms with Crippen LogP contribution in [0, 0.1) is 0 Å². The highest BCUT2D eigenvalue weighted by atomic mass is 16.1. The molecule has 0 fully saturated rings. The summed E-state index contributed by atoms with van der Waals surface area (Å²) in [4.78, 5) is 12.1. The van der Waals surface area contributed by atoms with Gasteiger partial charge in [0.25, 0.3) is 0 Å². The Kier molecular flexibility index (Phi) is 4.24. The molecule has 0 aliphatic carbocycles. The Morgan fingerprint density at radius 2 is 1.67 bits per heavy atom. The zero-order chi connectivity index (χ0) is 13.0. The molecule has 2 aromatic rings. The topological polar surface area (TPSA) is 26.9 Å². The standard InChI is InChI=1S/C15H22N2O/c1-3-4-5-6-9-12-17-14-11-8-7-10-13(14)16(2)15(17)18/h7-8,10-11H,3-6,9,12H2,1-2H3. The first-order chi connectivity index (χ1) is 8.75. The molecule has 0 atom stereocenters. The lowest BCUT2D eigenvalue weighted by Gasteiger charge is -2.03. The number of unbranched alkanes of at least 4 members (excludes halogenated alkanes) is 4. The summed E-state index contributed by atoms with van der Waals surface area (Å²) in [6.45, 7) is 3.05. The van der Waals surface area contributed by atoms with Crippen LogP contribution in [0.3, 0.4) is 0 Å². The number of aryl methyl sites for hydroxylation is 2. The van der Waals surface area contributed by atoms with E-state index in [1.54, 1.807) is 4.57 Å². The normalized spacial score (nSPS) is 11.2. The van der Waals surface area contributed by atoms with Crippen LogP contribution in [0.1, 0.15) is 39.0 Å². The summed E-state index contributed by atoms with van der Waals surface area (Å²) in [5.41, 5.74) is 2.18. The second-order valence-electron chi connectivity index (χ2n) is 4.90. The SMILES string of the molecule is CCCCCCCn1c(=O)n(C)c2ccccc21. The van der Waals surface area contributed by atoms with Gasteiger partial charge in [-0.05, 0) is 18.6 Å². The number of hydrogen-bond acceptors (Lipinski definition) is 1. The summed E-state index contributed by atoms with van der Waals surface area (Å²) in [6, 6.07) is 8.01. The fourth-order valence-corrected chi connectivity index (χ4v) is 2.45. The van der Waals surface area contributed by atoms with E-state index >= 15 is 0 Å². The molecule has 0 unspecified atom stereocenters. The van der Waals surface area contributed by atoms with Crippen molar-refractivity contribution in [3.05, 3.63) is 34.7 Å². The molecule has 0 aliphatic heterocycles. The molecule has 0 N–H and O–H groups in total. The maximum atomic E-state index is 12.1. The minimum Gasteiger partial charge on any atom is -0.295 e. The van der Waals surface area contributed by atoms with Crippen molar-refractivity contribution in [1.29, 1.82) is 0 Å². The quantitative estimate of drug-likeness (QED) is 0.718. The summed E-state index contributed by atoms with van der Waals surface area (Å²) in [5.74, 6) is 0. The van der Waals surface area contributed by atoms with Crippen molar-refractivity contribution in [3.63, 3.8) is 0 Å². The Morgan fingerprint density at radius 1 is 1.00 bits per heavy atom. The van der Waals surface area contributed by atoms with E-state index in [0.29, 0.717) is 0 Å². The van der Waals surface area contributed by atoms with Gasteiger partial charge in [0.2, 0.25) is 0 Å². The monoisotopic (exact) mass is 246 g/mol. The van der Waals surface area contributed by atoms with Crippen LogP contribution < -0.4 is 5.69 Å². The van der Waals surface area contributed by atoms with E-state index in [1.165, 1.54) is 25.7 Å². The molecule has 1 aromatic carbocycles. The minimum absolute atomic E-state index is 0.103. The van der Waals surface area contributed by atoms with E-state index in [9.17, 15) is 4.79 Å². The Hall–Kier alpha value is -1.51. The molecule has 18 heavy (non-hydrogen) atoms. The van der Waals surface area contributed by atoms with E-state index in [-0.39, 0.29) is 5.69 Å². The van der Waals surface area contributed by atoms with Crippen LogP contribution in [0.5, 0.6) is 0 Å². The van der Waals surface area contributed by atoms with Gasteiger partial charge in [-0.3, -0.25) is 9.13 Å². The number of rotatable bonds is 6. The van der Waals surface area contributed by atoms with Crippen molar-refractivity contribution >= 4 is 11.0 Å². The Labute approximate surface area is 108 Å². The molecule has 0 bridgehead atoms. The summed E-state index contributed by atoms with van der Waals surface area (Å²) in [7, 11) is 1.85. The number of nitrogens with zero attached hydrogens (tertiary/aromatic N) is 2. The van der Waals surface area contributed by atoms with E-state index in [2.05, 4.69) is 6.92 Å². The van der Waals surface area contributed by atoms with Gasteiger partial charge in [-0.2, -0.15) is 0 Å². The fourth-order valence-electron chi connectivity index (χ4n) is 2.45. The zero-order valence-corrected chi connectivity index (χ0v) is 11.4. The van der Waals surface area contributed by atoms with Crippen LogP contribution in [-0.2, 0) is 13.6 Å². The molecule has 0 saturated carbocycles. The van der Waals surface area contributed by atoms with Crippen molar-refractivity contribution in [2.75, 3.05) is 0 Å². The van der Waals surface area contributed by atoms with Gasteiger partial charge >= 0.3 is 5.69 Å². The first kappa shape index (κ1) is 12.9. The highest BCUT2D eigenvalue weighted by Crippen LogP contribution is 2.12. The molecule has 3 nitrogen and oxygen atoms in total. The lowest BCUT2D eigenvalue weighted by atomic mass is 10.1. The Balaban J connectivity index is 2.13. The van der Waals surface area contributed by atoms with Crippen LogP contribution in [0.2, 0.25) is 0 Å². The summed E-state index contributed by atoms with van der Waals surface area (Å²) in [6.07, 6.45) is 6.13. The van der Waals surface area contributed by atoms with Gasteiger partial charge in [0, 0.05) is 13.6 Å². The van der Waals surface area contributed by atoms with Crippen LogP contribution in [0.4, 0.5) is 0 Å². The molecule has 1 heterocycles. The Bertz CT molecular complexity index is 565. The van der Waals surface area contributed by atoms with E-state index in [0.717, 1.165) is 24.0 Å². The summed E-state index contributed by atoms with van der Waals surface area (Å²) < 4.78 is 3.64. The number of imidazole rings is 1. The van der Waals surface area contributed by atoms with Gasteiger partial charge in [0.05, 0.1) is 11.0 Å². The number of benzene rings is 1. The minimum atomic E-state index is 0.103. The van der Waals surface area contributed by atoms with Gasteiger partial charge in [0.15, 0.2) is 0 Å². The van der Waals surface area contributed by atoms with Crippen molar-refractivity contribution in [3.8, 4) is 0 Å². The van der Waals surface area contributed by atoms with Crippen molar-refractivity contribution in [2.45, 2.75) is 45.6 Å². The first-order valence-corrected chi connectivity index (χ1v) is 6.90. The third-order valence-electron chi connectivity index (χ3n) is 3.54. The molecule has 2 rings (SSSR count). The zero-order valence-electron chi connectivity index (χ0n) is 11.4. The largest absolute Gasteiger partial charge is 0.328 e. The molecular formula is C15H22N2O. The second-order valence-corrected chi connectivity index (χ2v) is 4.90. The highest BCUT2D eigenvalue weighted by molar-refractivity contribution is 5.75. The van der Waals surface area contributed by atoms with Crippen LogP contribution in [-0.4, -0.2) is 9.13 Å². The summed E-state index contributed by atoms with van der Waals surface area (Å²) in [5, 5.41) is 0. The molecule has 1 aromatic heterocycles. The van der Waals surface area contributed by atoms with Gasteiger partial charge in [0.1, 0.15) is 0 Å². The first-order valence-electron chi connectivity index (χ1n) is 6.90. The third kappa shape index (κ3) is 2.50. The smallest absolute Gasteiger partial charge is 0.295 e. The van der Waals surface area contributed by atoms with Crippen molar-refractivity contribution in [1.82, 2.24) is 9.13 Å². The number of aromatic nitrogens is 2. The van der Waals surface area contributed by atoms with Crippen LogP contribution >= 0.6 is 0 Å². The molecule has 98 valence electrons. The third-order valence-corrected chi connectivity index (χ3v) is 3.54. The maximum Gasteiger partial charge on any atom is 0.328 e. The number of fused-ring (bicyclic) bond motifs is 1. The maximum absolute atomic E-state index is 12.1. The van der Waals surface area contributed by atoms with E-state index in [4.69, 9.17) is 0 Å². The molecule has 0 amide bonds. The highest BCUT2D eigenvalue weighted by Gasteiger charge is 2.08. The van der Waals surface area contributed by atoms with E-state index < -0.39 is 0 Å². The average molecular weight is 246 g/mol. The summed E-state index contributed by atoms with van der Waals surface area (Å²) >= 11 is 0. The van der Waals surface area contributed by atoms with Crippen molar-refractivity contribution < 1.29 is 0 Å². The lowest BCUT2D eigenvalue weighted by Crippen LogP contribution is -2.22.